The van der Waals surface area contributed by atoms with Crippen LogP contribution in [0.5, 0.6) is 0 Å². The minimum Gasteiger partial charge on any atom is -0.459 e. The van der Waals surface area contributed by atoms with Crippen molar-refractivity contribution in [2.45, 2.75) is 39.7 Å². The van der Waals surface area contributed by atoms with E-state index in [0.29, 0.717) is 17.7 Å². The van der Waals surface area contributed by atoms with E-state index >= 15 is 0 Å². The minimum absolute atomic E-state index is 0.0602. The molecule has 0 aliphatic heterocycles. The van der Waals surface area contributed by atoms with Crippen molar-refractivity contribution in [3.63, 3.8) is 0 Å². The van der Waals surface area contributed by atoms with Gasteiger partial charge in [0.25, 0.3) is 5.91 Å². The van der Waals surface area contributed by atoms with Gasteiger partial charge >= 0.3 is 5.97 Å². The molecule has 0 heterocycles. The van der Waals surface area contributed by atoms with Crippen molar-refractivity contribution in [2.75, 3.05) is 11.4 Å². The lowest BCUT2D eigenvalue weighted by Crippen LogP contribution is -2.30. The first-order valence-corrected chi connectivity index (χ1v) is 8.74. The zero-order valence-electron chi connectivity index (χ0n) is 15.1. The first-order valence-electron chi connectivity index (χ1n) is 8.74. The Balaban J connectivity index is 2.12. The van der Waals surface area contributed by atoms with E-state index in [2.05, 4.69) is 6.92 Å². The average molecular weight is 339 g/mol. The summed E-state index contributed by atoms with van der Waals surface area (Å²) in [6.07, 6.45) is 1.73. The maximum absolute atomic E-state index is 12.6. The SMILES string of the molecule is CCCC(C)OC(=O)c1ccc(N(CC)C(=O)c2ccccc2)cc1. The van der Waals surface area contributed by atoms with Crippen molar-refractivity contribution < 1.29 is 14.3 Å². The second-order valence-electron chi connectivity index (χ2n) is 5.97. The molecule has 4 heteroatoms. The molecule has 1 amide bonds. The van der Waals surface area contributed by atoms with E-state index in [-0.39, 0.29) is 18.0 Å². The second kappa shape index (κ2) is 9.02. The smallest absolute Gasteiger partial charge is 0.338 e. The fraction of sp³-hybridized carbons (Fsp3) is 0.333. The van der Waals surface area contributed by atoms with Crippen molar-refractivity contribution in [3.8, 4) is 0 Å². The molecule has 0 radical (unpaired) electrons. The molecular formula is C21H25NO3. The lowest BCUT2D eigenvalue weighted by atomic mass is 10.1. The lowest BCUT2D eigenvalue weighted by Gasteiger charge is -2.21. The largest absolute Gasteiger partial charge is 0.459 e. The predicted molar refractivity (Wildman–Crippen MR) is 100 cm³/mol. The third-order valence-electron chi connectivity index (χ3n) is 4.00. The fourth-order valence-electron chi connectivity index (χ4n) is 2.67. The van der Waals surface area contributed by atoms with Gasteiger partial charge in [-0.25, -0.2) is 4.79 Å². The van der Waals surface area contributed by atoms with Gasteiger partial charge in [0.2, 0.25) is 0 Å². The molecule has 25 heavy (non-hydrogen) atoms. The predicted octanol–water partition coefficient (Wildman–Crippen LogP) is 4.70. The second-order valence-corrected chi connectivity index (χ2v) is 5.97. The molecule has 0 aliphatic rings. The van der Waals surface area contributed by atoms with E-state index in [1.54, 1.807) is 41.3 Å². The Morgan fingerprint density at radius 2 is 1.60 bits per heavy atom. The summed E-state index contributed by atoms with van der Waals surface area (Å²) in [5.74, 6) is -0.389. The molecule has 0 fully saturated rings. The quantitative estimate of drug-likeness (QED) is 0.687. The Hall–Kier alpha value is -2.62. The number of rotatable bonds is 7. The number of esters is 1. The minimum atomic E-state index is -0.329. The molecule has 132 valence electrons. The van der Waals surface area contributed by atoms with Crippen LogP contribution in [0.4, 0.5) is 5.69 Å². The zero-order chi connectivity index (χ0) is 18.2. The Labute approximate surface area is 149 Å². The van der Waals surface area contributed by atoms with Crippen LogP contribution in [0.2, 0.25) is 0 Å². The molecule has 0 aromatic heterocycles. The number of amides is 1. The standard InChI is InChI=1S/C21H25NO3/c1-4-9-16(3)25-21(24)18-12-14-19(15-13-18)22(5-2)20(23)17-10-7-6-8-11-17/h6-8,10-16H,4-5,9H2,1-3H3. The van der Waals surface area contributed by atoms with Crippen molar-refractivity contribution in [2.24, 2.45) is 0 Å². The molecule has 0 saturated carbocycles. The monoisotopic (exact) mass is 339 g/mol. The van der Waals surface area contributed by atoms with Crippen LogP contribution in [-0.4, -0.2) is 24.5 Å². The molecule has 2 rings (SSSR count). The van der Waals surface area contributed by atoms with Crippen LogP contribution in [-0.2, 0) is 4.74 Å². The number of ether oxygens (including phenoxy) is 1. The van der Waals surface area contributed by atoms with Gasteiger partial charge in [0.05, 0.1) is 11.7 Å². The van der Waals surface area contributed by atoms with Gasteiger partial charge in [0, 0.05) is 17.8 Å². The molecule has 0 bridgehead atoms. The van der Waals surface area contributed by atoms with E-state index in [4.69, 9.17) is 4.74 Å². The molecule has 1 atom stereocenters. The molecular weight excluding hydrogens is 314 g/mol. The molecule has 4 nitrogen and oxygen atoms in total. The third-order valence-corrected chi connectivity index (χ3v) is 4.00. The van der Waals surface area contributed by atoms with Crippen LogP contribution < -0.4 is 4.90 Å². The van der Waals surface area contributed by atoms with Crippen molar-refractivity contribution in [1.82, 2.24) is 0 Å². The topological polar surface area (TPSA) is 46.6 Å². The summed E-state index contributed by atoms with van der Waals surface area (Å²) in [7, 11) is 0. The Morgan fingerprint density at radius 3 is 2.16 bits per heavy atom. The average Bonchev–Trinajstić information content (AvgIpc) is 2.63. The number of anilines is 1. The van der Waals surface area contributed by atoms with Gasteiger partial charge in [-0.15, -0.1) is 0 Å². The molecule has 0 saturated heterocycles. The number of hydrogen-bond donors (Lipinski definition) is 0. The maximum Gasteiger partial charge on any atom is 0.338 e. The summed E-state index contributed by atoms with van der Waals surface area (Å²) < 4.78 is 5.40. The number of nitrogens with zero attached hydrogens (tertiary/aromatic N) is 1. The van der Waals surface area contributed by atoms with Gasteiger partial charge in [-0.3, -0.25) is 4.79 Å². The summed E-state index contributed by atoms with van der Waals surface area (Å²) >= 11 is 0. The highest BCUT2D eigenvalue weighted by Gasteiger charge is 2.17. The van der Waals surface area contributed by atoms with Gasteiger partial charge in [-0.2, -0.15) is 0 Å². The first kappa shape index (κ1) is 18.7. The summed E-state index contributed by atoms with van der Waals surface area (Å²) in [5, 5.41) is 0. The van der Waals surface area contributed by atoms with E-state index in [0.717, 1.165) is 18.5 Å². The molecule has 0 N–H and O–H groups in total. The van der Waals surface area contributed by atoms with E-state index in [9.17, 15) is 9.59 Å². The van der Waals surface area contributed by atoms with Crippen molar-refractivity contribution >= 4 is 17.6 Å². The number of carbonyl (C=O) groups is 2. The highest BCUT2D eigenvalue weighted by molar-refractivity contribution is 6.06. The Morgan fingerprint density at radius 1 is 0.960 bits per heavy atom. The normalized spacial score (nSPS) is 11.6. The molecule has 1 unspecified atom stereocenters. The molecule has 2 aromatic rings. The molecule has 0 spiro atoms. The van der Waals surface area contributed by atoms with Crippen LogP contribution in [0.25, 0.3) is 0 Å². The highest BCUT2D eigenvalue weighted by Crippen LogP contribution is 2.19. The van der Waals surface area contributed by atoms with Crippen molar-refractivity contribution in [3.05, 3.63) is 65.7 Å². The number of carbonyl (C=O) groups excluding carboxylic acids is 2. The first-order chi connectivity index (χ1) is 12.1. The van der Waals surface area contributed by atoms with Gasteiger partial charge in [-0.05, 0) is 56.7 Å². The Bertz CT molecular complexity index is 695. The van der Waals surface area contributed by atoms with Crippen molar-refractivity contribution in [1.29, 1.82) is 0 Å². The van der Waals surface area contributed by atoms with Gasteiger partial charge in [0.15, 0.2) is 0 Å². The third kappa shape index (κ3) is 4.92. The fourth-order valence-corrected chi connectivity index (χ4v) is 2.67. The van der Waals surface area contributed by atoms with E-state index < -0.39 is 0 Å². The number of benzene rings is 2. The highest BCUT2D eigenvalue weighted by atomic mass is 16.5. The van der Waals surface area contributed by atoms with Gasteiger partial charge < -0.3 is 9.64 Å². The summed E-state index contributed by atoms with van der Waals surface area (Å²) in [6, 6.07) is 16.1. The lowest BCUT2D eigenvalue weighted by molar-refractivity contribution is 0.0323. The zero-order valence-corrected chi connectivity index (χ0v) is 15.1. The number of hydrogen-bond acceptors (Lipinski definition) is 3. The van der Waals surface area contributed by atoms with Crippen LogP contribution in [0, 0.1) is 0 Å². The summed E-state index contributed by atoms with van der Waals surface area (Å²) in [5.41, 5.74) is 1.89. The van der Waals surface area contributed by atoms with Gasteiger partial charge in [0.1, 0.15) is 0 Å². The summed E-state index contributed by atoms with van der Waals surface area (Å²) in [6.45, 7) is 6.43. The van der Waals surface area contributed by atoms with Crippen LogP contribution in [0.15, 0.2) is 54.6 Å². The molecule has 2 aromatic carbocycles. The van der Waals surface area contributed by atoms with E-state index in [1.165, 1.54) is 0 Å². The van der Waals surface area contributed by atoms with Crippen LogP contribution >= 0.6 is 0 Å². The molecule has 0 aliphatic carbocycles. The van der Waals surface area contributed by atoms with Crippen LogP contribution in [0.1, 0.15) is 54.3 Å². The van der Waals surface area contributed by atoms with E-state index in [1.807, 2.05) is 32.0 Å². The van der Waals surface area contributed by atoms with Gasteiger partial charge in [-0.1, -0.05) is 31.5 Å². The summed E-state index contributed by atoms with van der Waals surface area (Å²) in [4.78, 5) is 26.5. The Kier molecular flexibility index (Phi) is 6.75. The maximum atomic E-state index is 12.6. The van der Waals surface area contributed by atoms with Crippen LogP contribution in [0.3, 0.4) is 0 Å².